The fraction of sp³-hybridized carbons (Fsp3) is 0.478. The second-order valence-electron chi connectivity index (χ2n) is 7.28. The minimum atomic E-state index is -0.721. The molecule has 0 N–H and O–H groups in total. The first-order valence-corrected chi connectivity index (χ1v) is 9.63. The second kappa shape index (κ2) is 9.63. The molecule has 152 valence electrons. The van der Waals surface area contributed by atoms with E-state index in [1.54, 1.807) is 14.2 Å². The fourth-order valence-electron chi connectivity index (χ4n) is 3.75. The van der Waals surface area contributed by atoms with Crippen LogP contribution in [0.4, 0.5) is 0 Å². The molecule has 0 unspecified atom stereocenters. The summed E-state index contributed by atoms with van der Waals surface area (Å²) >= 11 is 0. The van der Waals surface area contributed by atoms with Crippen molar-refractivity contribution in [2.24, 2.45) is 0 Å². The van der Waals surface area contributed by atoms with Crippen molar-refractivity contribution in [3.63, 3.8) is 0 Å². The van der Waals surface area contributed by atoms with Gasteiger partial charge in [0, 0.05) is 14.2 Å². The van der Waals surface area contributed by atoms with Crippen LogP contribution in [0.15, 0.2) is 60.7 Å². The van der Waals surface area contributed by atoms with Crippen LogP contribution in [0.3, 0.4) is 0 Å². The molecule has 2 aromatic rings. The molecule has 0 bridgehead atoms. The Labute approximate surface area is 167 Å². The van der Waals surface area contributed by atoms with E-state index in [-0.39, 0.29) is 18.3 Å². The van der Waals surface area contributed by atoms with E-state index in [0.717, 1.165) is 11.1 Å². The van der Waals surface area contributed by atoms with Gasteiger partial charge in [0.1, 0.15) is 17.8 Å². The lowest BCUT2D eigenvalue weighted by Gasteiger charge is -2.36. The summed E-state index contributed by atoms with van der Waals surface area (Å²) in [6.45, 7) is 4.98. The Kier molecular flexibility index (Phi) is 7.21. The predicted molar refractivity (Wildman–Crippen MR) is 107 cm³/mol. The van der Waals surface area contributed by atoms with Crippen LogP contribution in [-0.2, 0) is 36.9 Å². The lowest BCUT2D eigenvalue weighted by molar-refractivity contribution is -0.175. The zero-order valence-electron chi connectivity index (χ0n) is 17.0. The summed E-state index contributed by atoms with van der Waals surface area (Å²) in [5, 5.41) is 0. The van der Waals surface area contributed by atoms with Crippen LogP contribution < -0.4 is 0 Å². The first-order valence-electron chi connectivity index (χ1n) is 9.63. The Morgan fingerprint density at radius 2 is 1.46 bits per heavy atom. The maximum Gasteiger partial charge on any atom is 0.186 e. The summed E-state index contributed by atoms with van der Waals surface area (Å²) < 4.78 is 29.9. The van der Waals surface area contributed by atoms with Gasteiger partial charge in [-0.25, -0.2) is 0 Å². The van der Waals surface area contributed by atoms with Gasteiger partial charge in [0.2, 0.25) is 0 Å². The van der Waals surface area contributed by atoms with E-state index in [4.69, 9.17) is 23.7 Å². The van der Waals surface area contributed by atoms with Gasteiger partial charge in [-0.3, -0.25) is 0 Å². The summed E-state index contributed by atoms with van der Waals surface area (Å²) in [5.41, 5.74) is 1.49. The van der Waals surface area contributed by atoms with Crippen molar-refractivity contribution in [2.75, 3.05) is 14.2 Å². The molecule has 1 heterocycles. The summed E-state index contributed by atoms with van der Waals surface area (Å²) in [6.07, 6.45) is -1.43. The molecule has 0 radical (unpaired) electrons. The van der Waals surface area contributed by atoms with Crippen LogP contribution in [-0.4, -0.2) is 44.4 Å². The monoisotopic (exact) mass is 386 g/mol. The van der Waals surface area contributed by atoms with Crippen LogP contribution in [0.5, 0.6) is 0 Å². The van der Waals surface area contributed by atoms with Gasteiger partial charge in [0.15, 0.2) is 6.29 Å². The standard InChI is InChI=1S/C23H30O5/c1-17(26-15-18-11-7-5-8-12-18)20-23(2,21(24-3)22(25-4)28-20)27-16-19-13-9-6-10-14-19/h5-14,17,20-22H,15-16H2,1-4H3/t17-,20+,21+,22-,23+/m0/s1. The van der Waals surface area contributed by atoms with E-state index in [1.165, 1.54) is 0 Å². The molecule has 5 heteroatoms. The molecule has 1 fully saturated rings. The minimum Gasteiger partial charge on any atom is -0.373 e. The third-order valence-corrected chi connectivity index (χ3v) is 5.32. The summed E-state index contributed by atoms with van der Waals surface area (Å²) in [7, 11) is 3.27. The molecule has 0 saturated carbocycles. The van der Waals surface area contributed by atoms with E-state index in [9.17, 15) is 0 Å². The SMILES string of the molecule is CO[C@H]1O[C@H]([C@H](C)OCc2ccccc2)[C@@](C)(OCc2ccccc2)[C@@H]1OC. The number of ether oxygens (including phenoxy) is 5. The molecule has 28 heavy (non-hydrogen) atoms. The number of hydrogen-bond acceptors (Lipinski definition) is 5. The highest BCUT2D eigenvalue weighted by Gasteiger charge is 2.57. The summed E-state index contributed by atoms with van der Waals surface area (Å²) in [5.74, 6) is 0. The molecule has 0 aromatic heterocycles. The Hall–Kier alpha value is -1.76. The first kappa shape index (κ1) is 21.0. The van der Waals surface area contributed by atoms with Crippen molar-refractivity contribution in [1.29, 1.82) is 0 Å². The smallest absolute Gasteiger partial charge is 0.186 e. The van der Waals surface area contributed by atoms with E-state index in [2.05, 4.69) is 0 Å². The lowest BCUT2D eigenvalue weighted by Crippen LogP contribution is -2.52. The molecular weight excluding hydrogens is 356 g/mol. The summed E-state index contributed by atoms with van der Waals surface area (Å²) in [4.78, 5) is 0. The zero-order chi connectivity index (χ0) is 20.0. The molecule has 0 spiro atoms. The van der Waals surface area contributed by atoms with Crippen molar-refractivity contribution in [3.8, 4) is 0 Å². The molecule has 1 saturated heterocycles. The van der Waals surface area contributed by atoms with E-state index < -0.39 is 11.9 Å². The highest BCUT2D eigenvalue weighted by Crippen LogP contribution is 2.39. The largest absolute Gasteiger partial charge is 0.373 e. The van der Waals surface area contributed by atoms with Gasteiger partial charge in [-0.1, -0.05) is 60.7 Å². The predicted octanol–water partition coefficient (Wildman–Crippen LogP) is 3.95. The Morgan fingerprint density at radius 1 is 0.893 bits per heavy atom. The van der Waals surface area contributed by atoms with Crippen LogP contribution in [0.25, 0.3) is 0 Å². The van der Waals surface area contributed by atoms with Gasteiger partial charge < -0.3 is 23.7 Å². The topological polar surface area (TPSA) is 46.2 Å². The molecule has 1 aliphatic rings. The number of rotatable bonds is 9. The van der Waals surface area contributed by atoms with Crippen LogP contribution >= 0.6 is 0 Å². The second-order valence-corrected chi connectivity index (χ2v) is 7.28. The van der Waals surface area contributed by atoms with Gasteiger partial charge in [0.25, 0.3) is 0 Å². The van der Waals surface area contributed by atoms with E-state index in [1.807, 2.05) is 74.5 Å². The molecule has 0 aliphatic carbocycles. The number of methoxy groups -OCH3 is 2. The maximum absolute atomic E-state index is 6.39. The summed E-state index contributed by atoms with van der Waals surface area (Å²) in [6, 6.07) is 20.2. The number of benzene rings is 2. The van der Waals surface area contributed by atoms with Gasteiger partial charge in [-0.2, -0.15) is 0 Å². The molecular formula is C23H30O5. The first-order chi connectivity index (χ1) is 13.6. The van der Waals surface area contributed by atoms with Crippen molar-refractivity contribution in [2.45, 2.75) is 57.3 Å². The molecule has 0 amide bonds. The third kappa shape index (κ3) is 4.62. The highest BCUT2D eigenvalue weighted by molar-refractivity contribution is 5.15. The third-order valence-electron chi connectivity index (χ3n) is 5.32. The van der Waals surface area contributed by atoms with E-state index in [0.29, 0.717) is 13.2 Å². The molecule has 1 aliphatic heterocycles. The Balaban J connectivity index is 1.73. The maximum atomic E-state index is 6.39. The fourth-order valence-corrected chi connectivity index (χ4v) is 3.75. The van der Waals surface area contributed by atoms with Gasteiger partial charge in [-0.05, 0) is 25.0 Å². The van der Waals surface area contributed by atoms with Gasteiger partial charge >= 0.3 is 0 Å². The van der Waals surface area contributed by atoms with Crippen molar-refractivity contribution >= 4 is 0 Å². The van der Waals surface area contributed by atoms with E-state index >= 15 is 0 Å². The van der Waals surface area contributed by atoms with Crippen LogP contribution in [0.1, 0.15) is 25.0 Å². The lowest BCUT2D eigenvalue weighted by atomic mass is 9.91. The van der Waals surface area contributed by atoms with Crippen molar-refractivity contribution < 1.29 is 23.7 Å². The normalized spacial score (nSPS) is 28.4. The Bertz CT molecular complexity index is 707. The zero-order valence-corrected chi connectivity index (χ0v) is 17.0. The van der Waals surface area contributed by atoms with Crippen molar-refractivity contribution in [1.82, 2.24) is 0 Å². The average Bonchev–Trinajstić information content (AvgIpc) is 3.04. The molecule has 5 atom stereocenters. The van der Waals surface area contributed by atoms with Gasteiger partial charge in [-0.15, -0.1) is 0 Å². The Morgan fingerprint density at radius 3 is 2.00 bits per heavy atom. The van der Waals surface area contributed by atoms with Crippen LogP contribution in [0.2, 0.25) is 0 Å². The van der Waals surface area contributed by atoms with Crippen molar-refractivity contribution in [3.05, 3.63) is 71.8 Å². The molecule has 2 aromatic carbocycles. The highest BCUT2D eigenvalue weighted by atomic mass is 16.7. The molecule has 3 rings (SSSR count). The van der Waals surface area contributed by atoms with Crippen LogP contribution in [0, 0.1) is 0 Å². The van der Waals surface area contributed by atoms with Gasteiger partial charge in [0.05, 0.1) is 19.3 Å². The quantitative estimate of drug-likeness (QED) is 0.653. The number of hydrogen-bond donors (Lipinski definition) is 0. The molecule has 5 nitrogen and oxygen atoms in total. The average molecular weight is 386 g/mol. The minimum absolute atomic E-state index is 0.209.